The lowest BCUT2D eigenvalue weighted by Gasteiger charge is -2.14. The molecule has 37 heavy (non-hydrogen) atoms. The maximum Gasteiger partial charge on any atom is 0.254 e. The van der Waals surface area contributed by atoms with E-state index >= 15 is 4.39 Å². The fourth-order valence-corrected chi connectivity index (χ4v) is 4.07. The number of carbonyl (C=O) groups is 1. The molecule has 0 unspecified atom stereocenters. The van der Waals surface area contributed by atoms with Crippen LogP contribution in [0.2, 0.25) is 0 Å². The van der Waals surface area contributed by atoms with Crippen LogP contribution >= 0.6 is 0 Å². The van der Waals surface area contributed by atoms with Gasteiger partial charge in [0.05, 0.1) is 43.4 Å². The van der Waals surface area contributed by atoms with Crippen molar-refractivity contribution in [2.45, 2.75) is 33.1 Å². The van der Waals surface area contributed by atoms with Crippen molar-refractivity contribution in [3.05, 3.63) is 81.6 Å². The summed E-state index contributed by atoms with van der Waals surface area (Å²) in [7, 11) is 2.86. The molecule has 1 amide bonds. The Hall–Kier alpha value is -4.09. The van der Waals surface area contributed by atoms with Gasteiger partial charge in [-0.25, -0.2) is 9.07 Å². The Balaban J connectivity index is 1.53. The molecule has 2 aromatic carbocycles. The Morgan fingerprint density at radius 2 is 2.08 bits per heavy atom. The van der Waals surface area contributed by atoms with Crippen LogP contribution < -0.4 is 21.1 Å². The molecule has 11 heteroatoms. The van der Waals surface area contributed by atoms with Crippen LogP contribution in [0.25, 0.3) is 5.69 Å². The van der Waals surface area contributed by atoms with Crippen LogP contribution in [0.3, 0.4) is 0 Å². The number of benzene rings is 2. The molecule has 1 aliphatic rings. The third kappa shape index (κ3) is 6.01. The molecule has 0 bridgehead atoms. The number of nitrogens with zero attached hydrogens (tertiary/aromatic N) is 4. The zero-order chi connectivity index (χ0) is 26.4. The van der Waals surface area contributed by atoms with Crippen molar-refractivity contribution < 1.29 is 18.7 Å². The van der Waals surface area contributed by atoms with Crippen molar-refractivity contribution in [1.82, 2.24) is 25.6 Å². The lowest BCUT2D eigenvalue weighted by Crippen LogP contribution is -2.29. The summed E-state index contributed by atoms with van der Waals surface area (Å²) in [4.78, 5) is 17.6. The molecule has 4 rings (SSSR count). The highest BCUT2D eigenvalue weighted by Gasteiger charge is 2.19. The van der Waals surface area contributed by atoms with Crippen molar-refractivity contribution in [1.29, 1.82) is 0 Å². The number of aryl methyl sites for hydroxylation is 1. The zero-order valence-corrected chi connectivity index (χ0v) is 21.0. The maximum absolute atomic E-state index is 15.2. The molecule has 0 saturated heterocycles. The minimum atomic E-state index is -0.608. The number of aliphatic imine (C=N–C) groups is 1. The fraction of sp³-hybridized carbons (Fsp3) is 0.308. The van der Waals surface area contributed by atoms with Gasteiger partial charge in [-0.05, 0) is 35.7 Å². The number of halogens is 1. The van der Waals surface area contributed by atoms with Gasteiger partial charge in [-0.15, -0.1) is 5.10 Å². The number of hydrogen-bond acceptors (Lipinski definition) is 8. The van der Waals surface area contributed by atoms with E-state index in [1.165, 1.54) is 42.3 Å². The first kappa shape index (κ1) is 26.0. The third-order valence-corrected chi connectivity index (χ3v) is 5.97. The van der Waals surface area contributed by atoms with Crippen molar-refractivity contribution in [3.63, 3.8) is 0 Å². The Morgan fingerprint density at radius 3 is 2.81 bits per heavy atom. The number of nitrogens with one attached hydrogen (secondary N) is 2. The number of ether oxygens (including phenoxy) is 2. The second kappa shape index (κ2) is 11.8. The standard InChI is InChI=1S/C26H30FN7O3/c1-16-14-34(33-32-16)23-6-7-24(37-3)25(27)21(23)13-31-26(35)20(22(28)15-36-2)12-29-9-17-4-5-18-10-30-11-19(18)8-17/h4-8,12,14,30H,9-11,13,15,28H2,1-3H3,(H,31,35). The normalized spacial score (nSPS) is 13.5. The lowest BCUT2D eigenvalue weighted by molar-refractivity contribution is -0.117. The summed E-state index contributed by atoms with van der Waals surface area (Å²) in [5.41, 5.74) is 11.3. The first-order valence-electron chi connectivity index (χ1n) is 11.7. The first-order chi connectivity index (χ1) is 17.9. The van der Waals surface area contributed by atoms with Gasteiger partial charge < -0.3 is 25.8 Å². The van der Waals surface area contributed by atoms with Gasteiger partial charge in [-0.2, -0.15) is 0 Å². The number of nitrogens with two attached hydrogens (primary N) is 1. The molecule has 3 aromatic rings. The molecule has 1 aliphatic heterocycles. The van der Waals surface area contributed by atoms with Crippen molar-refractivity contribution >= 4 is 12.1 Å². The van der Waals surface area contributed by atoms with Crippen LogP contribution in [0.15, 0.2) is 52.8 Å². The van der Waals surface area contributed by atoms with Crippen molar-refractivity contribution in [2.24, 2.45) is 10.7 Å². The van der Waals surface area contributed by atoms with E-state index in [0.717, 1.165) is 18.7 Å². The first-order valence-corrected chi connectivity index (χ1v) is 11.7. The van der Waals surface area contributed by atoms with Gasteiger partial charge in [0, 0.05) is 44.2 Å². The Kier molecular flexibility index (Phi) is 8.26. The summed E-state index contributed by atoms with van der Waals surface area (Å²) in [6, 6.07) is 9.36. The molecular weight excluding hydrogens is 477 g/mol. The summed E-state index contributed by atoms with van der Waals surface area (Å²) < 4.78 is 26.9. The summed E-state index contributed by atoms with van der Waals surface area (Å²) >= 11 is 0. The SMILES string of the molecule is COCC(N)=C(C=NCc1ccc2c(c1)CNC2)C(=O)NCc1c(-n2cc(C)nn2)ccc(OC)c1F. The third-order valence-electron chi connectivity index (χ3n) is 5.97. The number of methoxy groups -OCH3 is 2. The monoisotopic (exact) mass is 507 g/mol. The number of fused-ring (bicyclic) bond motifs is 1. The molecule has 4 N–H and O–H groups in total. The summed E-state index contributed by atoms with van der Waals surface area (Å²) in [6.07, 6.45) is 3.09. The van der Waals surface area contributed by atoms with E-state index in [0.29, 0.717) is 17.9 Å². The molecule has 0 saturated carbocycles. The predicted octanol–water partition coefficient (Wildman–Crippen LogP) is 2.07. The zero-order valence-electron chi connectivity index (χ0n) is 21.0. The quantitative estimate of drug-likeness (QED) is 0.283. The summed E-state index contributed by atoms with van der Waals surface area (Å²) in [6.45, 7) is 3.75. The summed E-state index contributed by atoms with van der Waals surface area (Å²) in [5.74, 6) is -1.08. The average molecular weight is 508 g/mol. The highest BCUT2D eigenvalue weighted by molar-refractivity contribution is 6.12. The van der Waals surface area contributed by atoms with E-state index in [-0.39, 0.29) is 35.7 Å². The minimum absolute atomic E-state index is 0.0380. The Labute approximate surface area is 214 Å². The van der Waals surface area contributed by atoms with Gasteiger partial charge in [0.2, 0.25) is 0 Å². The number of aromatic nitrogens is 3. The van der Waals surface area contributed by atoms with Gasteiger partial charge in [0.15, 0.2) is 11.6 Å². The number of carbonyl (C=O) groups excluding carboxylic acids is 1. The maximum atomic E-state index is 15.2. The molecule has 10 nitrogen and oxygen atoms in total. The lowest BCUT2D eigenvalue weighted by atomic mass is 10.1. The van der Waals surface area contributed by atoms with E-state index in [2.05, 4.69) is 38.1 Å². The molecule has 0 fully saturated rings. The van der Waals surface area contributed by atoms with Crippen molar-refractivity contribution in [3.8, 4) is 11.4 Å². The Morgan fingerprint density at radius 1 is 1.27 bits per heavy atom. The highest BCUT2D eigenvalue weighted by Crippen LogP contribution is 2.26. The molecular formula is C26H30FN7O3. The highest BCUT2D eigenvalue weighted by atomic mass is 19.1. The van der Waals surface area contributed by atoms with Crippen LogP contribution in [0, 0.1) is 12.7 Å². The summed E-state index contributed by atoms with van der Waals surface area (Å²) in [5, 5.41) is 14.0. The van der Waals surface area contributed by atoms with Crippen LogP contribution in [0.4, 0.5) is 4.39 Å². The van der Waals surface area contributed by atoms with Crippen LogP contribution in [-0.4, -0.2) is 47.9 Å². The smallest absolute Gasteiger partial charge is 0.254 e. The second-order valence-electron chi connectivity index (χ2n) is 8.61. The van der Waals surface area contributed by atoms with E-state index < -0.39 is 11.7 Å². The number of rotatable bonds is 10. The largest absolute Gasteiger partial charge is 0.494 e. The number of amides is 1. The van der Waals surface area contributed by atoms with Gasteiger partial charge in [-0.3, -0.25) is 9.79 Å². The van der Waals surface area contributed by atoms with Crippen molar-refractivity contribution in [2.75, 3.05) is 20.8 Å². The predicted molar refractivity (Wildman–Crippen MR) is 137 cm³/mol. The van der Waals surface area contributed by atoms with Crippen LogP contribution in [-0.2, 0) is 35.7 Å². The molecule has 0 spiro atoms. The second-order valence-corrected chi connectivity index (χ2v) is 8.61. The van der Waals surface area contributed by atoms with E-state index in [1.54, 1.807) is 19.2 Å². The van der Waals surface area contributed by atoms with Crippen LogP contribution in [0.5, 0.6) is 5.75 Å². The van der Waals surface area contributed by atoms with E-state index in [4.69, 9.17) is 15.2 Å². The minimum Gasteiger partial charge on any atom is -0.494 e. The van der Waals surface area contributed by atoms with E-state index in [9.17, 15) is 4.79 Å². The Bertz CT molecular complexity index is 1350. The fourth-order valence-electron chi connectivity index (χ4n) is 4.07. The van der Waals surface area contributed by atoms with Gasteiger partial charge >= 0.3 is 0 Å². The molecule has 194 valence electrons. The molecule has 1 aromatic heterocycles. The average Bonchev–Trinajstić information content (AvgIpc) is 3.54. The topological polar surface area (TPSA) is 129 Å². The number of hydrogen-bond donors (Lipinski definition) is 3. The molecule has 0 aliphatic carbocycles. The molecule has 2 heterocycles. The van der Waals surface area contributed by atoms with Gasteiger partial charge in [-0.1, -0.05) is 23.4 Å². The van der Waals surface area contributed by atoms with E-state index in [1.807, 2.05) is 6.07 Å². The van der Waals surface area contributed by atoms with Gasteiger partial charge in [0.1, 0.15) is 0 Å². The van der Waals surface area contributed by atoms with Crippen LogP contribution in [0.1, 0.15) is 27.9 Å². The van der Waals surface area contributed by atoms with Gasteiger partial charge in [0.25, 0.3) is 5.91 Å². The molecule has 0 atom stereocenters. The molecule has 0 radical (unpaired) electrons.